The van der Waals surface area contributed by atoms with E-state index in [4.69, 9.17) is 4.42 Å². The smallest absolute Gasteiger partial charge is 0.220 e. The van der Waals surface area contributed by atoms with Crippen molar-refractivity contribution < 1.29 is 9.21 Å². The molecule has 0 aliphatic heterocycles. The van der Waals surface area contributed by atoms with Gasteiger partial charge in [-0.15, -0.1) is 0 Å². The van der Waals surface area contributed by atoms with E-state index in [0.717, 1.165) is 16.7 Å². The van der Waals surface area contributed by atoms with Crippen LogP contribution in [0.1, 0.15) is 27.2 Å². The number of nitrogens with zero attached hydrogens (tertiary/aromatic N) is 2. The van der Waals surface area contributed by atoms with Crippen LogP contribution in [-0.2, 0) is 4.79 Å². The van der Waals surface area contributed by atoms with Gasteiger partial charge in [0.2, 0.25) is 5.91 Å². The van der Waals surface area contributed by atoms with E-state index in [1.54, 1.807) is 6.26 Å². The van der Waals surface area contributed by atoms with Crippen LogP contribution < -0.4 is 10.6 Å². The summed E-state index contributed by atoms with van der Waals surface area (Å²) in [4.78, 5) is 21.1. The van der Waals surface area contributed by atoms with E-state index in [9.17, 15) is 4.79 Å². The van der Waals surface area contributed by atoms with Crippen LogP contribution in [0, 0.1) is 5.41 Å². The molecule has 0 aliphatic carbocycles. The summed E-state index contributed by atoms with van der Waals surface area (Å²) in [5.74, 6) is 1.94. The number of carbonyl (C=O) groups is 1. The molecular formula is C20H24N4O2. The second-order valence-corrected chi connectivity index (χ2v) is 7.40. The average Bonchev–Trinajstić information content (AvgIpc) is 3.11. The first-order valence-corrected chi connectivity index (χ1v) is 8.74. The zero-order valence-electron chi connectivity index (χ0n) is 15.4. The second kappa shape index (κ2) is 7.56. The lowest BCUT2D eigenvalue weighted by Gasteiger charge is -2.17. The van der Waals surface area contributed by atoms with Crippen molar-refractivity contribution in [2.24, 2.45) is 5.41 Å². The SMILES string of the molecule is CC(C)(C)CC(=O)NCCNc1nc(-c2ccco2)nc2ccccc12. The summed E-state index contributed by atoms with van der Waals surface area (Å²) in [6, 6.07) is 11.5. The molecule has 26 heavy (non-hydrogen) atoms. The van der Waals surface area contributed by atoms with Crippen LogP contribution in [0.15, 0.2) is 47.1 Å². The molecule has 2 aromatic heterocycles. The largest absolute Gasteiger partial charge is 0.461 e. The predicted molar refractivity (Wildman–Crippen MR) is 103 cm³/mol. The van der Waals surface area contributed by atoms with Crippen LogP contribution >= 0.6 is 0 Å². The number of carbonyl (C=O) groups excluding carboxylic acids is 1. The van der Waals surface area contributed by atoms with Crippen molar-refractivity contribution in [1.29, 1.82) is 0 Å². The highest BCUT2D eigenvalue weighted by Crippen LogP contribution is 2.24. The van der Waals surface area contributed by atoms with E-state index in [2.05, 4.69) is 20.6 Å². The molecule has 0 unspecified atom stereocenters. The first kappa shape index (κ1) is 17.9. The van der Waals surface area contributed by atoms with Crippen molar-refractivity contribution in [1.82, 2.24) is 15.3 Å². The number of anilines is 1. The molecule has 0 saturated heterocycles. The third-order valence-corrected chi connectivity index (χ3v) is 3.78. The maximum Gasteiger partial charge on any atom is 0.220 e. The van der Waals surface area contributed by atoms with Gasteiger partial charge in [0.05, 0.1) is 11.8 Å². The Morgan fingerprint density at radius 3 is 2.62 bits per heavy atom. The van der Waals surface area contributed by atoms with Gasteiger partial charge in [-0.1, -0.05) is 32.9 Å². The lowest BCUT2D eigenvalue weighted by Crippen LogP contribution is -2.31. The number of hydrogen-bond acceptors (Lipinski definition) is 5. The van der Waals surface area contributed by atoms with E-state index < -0.39 is 0 Å². The standard InChI is InChI=1S/C20H24N4O2/c1-20(2,3)13-17(25)21-10-11-22-18-14-7-4-5-8-15(14)23-19(24-18)16-9-6-12-26-16/h4-9,12H,10-11,13H2,1-3H3,(H,21,25)(H,22,23,24). The maximum atomic E-state index is 11.9. The summed E-state index contributed by atoms with van der Waals surface area (Å²) in [7, 11) is 0. The third-order valence-electron chi connectivity index (χ3n) is 3.78. The van der Waals surface area contributed by atoms with Crippen LogP contribution in [-0.4, -0.2) is 29.0 Å². The molecule has 0 aliphatic rings. The number of para-hydroxylation sites is 1. The van der Waals surface area contributed by atoms with Crippen LogP contribution in [0.5, 0.6) is 0 Å². The lowest BCUT2D eigenvalue weighted by atomic mass is 9.92. The van der Waals surface area contributed by atoms with Crippen molar-refractivity contribution in [2.45, 2.75) is 27.2 Å². The molecule has 6 heteroatoms. The Morgan fingerprint density at radius 1 is 1.08 bits per heavy atom. The summed E-state index contributed by atoms with van der Waals surface area (Å²) < 4.78 is 5.42. The Bertz CT molecular complexity index is 882. The Balaban J connectivity index is 1.70. The minimum atomic E-state index is -0.0156. The summed E-state index contributed by atoms with van der Waals surface area (Å²) in [6.07, 6.45) is 2.11. The summed E-state index contributed by atoms with van der Waals surface area (Å²) in [5, 5.41) is 7.17. The van der Waals surface area contributed by atoms with Crippen molar-refractivity contribution in [3.8, 4) is 11.6 Å². The predicted octanol–water partition coefficient (Wildman–Crippen LogP) is 3.85. The number of nitrogens with one attached hydrogen (secondary N) is 2. The molecule has 0 spiro atoms. The summed E-state index contributed by atoms with van der Waals surface area (Å²) in [6.45, 7) is 7.26. The number of rotatable bonds is 6. The quantitative estimate of drug-likeness (QED) is 0.659. The van der Waals surface area contributed by atoms with E-state index in [1.807, 2.05) is 57.2 Å². The summed E-state index contributed by atoms with van der Waals surface area (Å²) in [5.41, 5.74) is 0.825. The third kappa shape index (κ3) is 4.59. The Labute approximate surface area is 153 Å². The van der Waals surface area contributed by atoms with E-state index in [0.29, 0.717) is 31.1 Å². The van der Waals surface area contributed by atoms with Gasteiger partial charge in [-0.05, 0) is 29.7 Å². The van der Waals surface area contributed by atoms with Gasteiger partial charge in [-0.3, -0.25) is 4.79 Å². The molecule has 2 heterocycles. The lowest BCUT2D eigenvalue weighted by molar-refractivity contribution is -0.122. The minimum absolute atomic E-state index is 0.0156. The van der Waals surface area contributed by atoms with Gasteiger partial charge in [0.25, 0.3) is 0 Å². The molecule has 0 radical (unpaired) electrons. The molecule has 0 bridgehead atoms. The van der Waals surface area contributed by atoms with Crippen molar-refractivity contribution in [3.05, 3.63) is 42.7 Å². The Morgan fingerprint density at radius 2 is 1.88 bits per heavy atom. The number of benzene rings is 1. The fourth-order valence-electron chi connectivity index (χ4n) is 2.65. The normalized spacial score (nSPS) is 11.5. The molecule has 3 aromatic rings. The van der Waals surface area contributed by atoms with Crippen molar-refractivity contribution in [2.75, 3.05) is 18.4 Å². The van der Waals surface area contributed by atoms with Crippen LogP contribution in [0.3, 0.4) is 0 Å². The highest BCUT2D eigenvalue weighted by Gasteiger charge is 2.15. The van der Waals surface area contributed by atoms with Crippen LogP contribution in [0.2, 0.25) is 0 Å². The molecule has 6 nitrogen and oxygen atoms in total. The number of aromatic nitrogens is 2. The zero-order chi connectivity index (χ0) is 18.6. The van der Waals surface area contributed by atoms with Gasteiger partial charge in [0.1, 0.15) is 5.82 Å². The van der Waals surface area contributed by atoms with E-state index in [1.165, 1.54) is 0 Å². The summed E-state index contributed by atoms with van der Waals surface area (Å²) >= 11 is 0. The Hall–Kier alpha value is -2.89. The van der Waals surface area contributed by atoms with Gasteiger partial charge < -0.3 is 15.1 Å². The van der Waals surface area contributed by atoms with Crippen LogP contribution in [0.4, 0.5) is 5.82 Å². The second-order valence-electron chi connectivity index (χ2n) is 7.40. The van der Waals surface area contributed by atoms with Crippen molar-refractivity contribution >= 4 is 22.6 Å². The fraction of sp³-hybridized carbons (Fsp3) is 0.350. The number of fused-ring (bicyclic) bond motifs is 1. The first-order chi connectivity index (χ1) is 12.4. The van der Waals surface area contributed by atoms with Gasteiger partial charge in [0.15, 0.2) is 11.6 Å². The van der Waals surface area contributed by atoms with Gasteiger partial charge in [0, 0.05) is 24.9 Å². The molecule has 2 N–H and O–H groups in total. The number of amides is 1. The molecule has 136 valence electrons. The number of hydrogen-bond donors (Lipinski definition) is 2. The Kier molecular flexibility index (Phi) is 5.21. The van der Waals surface area contributed by atoms with Crippen LogP contribution in [0.25, 0.3) is 22.5 Å². The van der Waals surface area contributed by atoms with Crippen molar-refractivity contribution in [3.63, 3.8) is 0 Å². The first-order valence-electron chi connectivity index (χ1n) is 8.74. The fourth-order valence-corrected chi connectivity index (χ4v) is 2.65. The molecule has 0 saturated carbocycles. The van der Waals surface area contributed by atoms with Gasteiger partial charge >= 0.3 is 0 Å². The molecule has 1 aromatic carbocycles. The highest BCUT2D eigenvalue weighted by atomic mass is 16.3. The highest BCUT2D eigenvalue weighted by molar-refractivity contribution is 5.90. The minimum Gasteiger partial charge on any atom is -0.461 e. The van der Waals surface area contributed by atoms with Gasteiger partial charge in [-0.2, -0.15) is 0 Å². The monoisotopic (exact) mass is 352 g/mol. The maximum absolute atomic E-state index is 11.9. The van der Waals surface area contributed by atoms with Gasteiger partial charge in [-0.25, -0.2) is 9.97 Å². The van der Waals surface area contributed by atoms with E-state index in [-0.39, 0.29) is 11.3 Å². The molecule has 0 fully saturated rings. The molecular weight excluding hydrogens is 328 g/mol. The number of furan rings is 1. The topological polar surface area (TPSA) is 80.0 Å². The molecule has 0 atom stereocenters. The molecule has 1 amide bonds. The van der Waals surface area contributed by atoms with E-state index >= 15 is 0 Å². The average molecular weight is 352 g/mol. The zero-order valence-corrected chi connectivity index (χ0v) is 15.4. The molecule has 3 rings (SSSR count).